The van der Waals surface area contributed by atoms with E-state index in [1.807, 2.05) is 50.5 Å². The molecule has 0 aliphatic carbocycles. The molecule has 2 aromatic rings. The van der Waals surface area contributed by atoms with Crippen LogP contribution in [-0.2, 0) is 38.8 Å². The number of carboxylic acid groups (broad SMARTS) is 1. The second-order valence-corrected chi connectivity index (χ2v) is 8.68. The van der Waals surface area contributed by atoms with Crippen LogP contribution in [0, 0.1) is 0 Å². The van der Waals surface area contributed by atoms with E-state index in [1.54, 1.807) is 8.99 Å². The number of sulfonamides is 1. The Morgan fingerprint density at radius 1 is 1.29 bits per heavy atom. The van der Waals surface area contributed by atoms with Crippen LogP contribution < -0.4 is 0 Å². The Kier molecular flexibility index (Phi) is 8.21. The number of carbonyl (C=O) groups is 1. The molecular weight excluding hydrogens is 439 g/mol. The molecule has 1 aromatic heterocycles. The normalized spacial score (nSPS) is 16.9. The summed E-state index contributed by atoms with van der Waals surface area (Å²) in [5, 5.41) is 11.4. The van der Waals surface area contributed by atoms with Crippen LogP contribution in [0.25, 0.3) is 0 Å². The van der Waals surface area contributed by atoms with Crippen molar-refractivity contribution < 1.29 is 36.2 Å². The Bertz CT molecular complexity index is 977. The maximum Gasteiger partial charge on any atom is 0.490 e. The number of alkyl halides is 3. The van der Waals surface area contributed by atoms with Crippen LogP contribution in [-0.4, -0.2) is 59.5 Å². The van der Waals surface area contributed by atoms with Gasteiger partial charge in [-0.2, -0.15) is 22.6 Å². The molecule has 0 spiro atoms. The number of aliphatic carboxylic acids is 1. The van der Waals surface area contributed by atoms with Crippen LogP contribution in [0.2, 0.25) is 0 Å². The van der Waals surface area contributed by atoms with Crippen LogP contribution in [0.5, 0.6) is 0 Å². The van der Waals surface area contributed by atoms with Crippen molar-refractivity contribution >= 4 is 16.0 Å². The lowest BCUT2D eigenvalue weighted by atomic mass is 10.0. The largest absolute Gasteiger partial charge is 0.490 e. The zero-order chi connectivity index (χ0) is 23.2. The molecule has 1 N–H and O–H groups in total. The van der Waals surface area contributed by atoms with Gasteiger partial charge < -0.3 is 9.84 Å². The number of benzene rings is 1. The number of hydrogen-bond acceptors (Lipinski definition) is 5. The first-order valence-corrected chi connectivity index (χ1v) is 11.0. The van der Waals surface area contributed by atoms with Gasteiger partial charge >= 0.3 is 12.1 Å². The van der Waals surface area contributed by atoms with E-state index >= 15 is 0 Å². The Morgan fingerprint density at radius 2 is 1.90 bits per heavy atom. The summed E-state index contributed by atoms with van der Waals surface area (Å²) < 4.78 is 66.7. The van der Waals surface area contributed by atoms with Gasteiger partial charge in [-0.3, -0.25) is 4.68 Å². The lowest BCUT2D eigenvalue weighted by Crippen LogP contribution is -2.43. The van der Waals surface area contributed by atoms with Crippen LogP contribution in [0.1, 0.15) is 29.8 Å². The highest BCUT2D eigenvalue weighted by Crippen LogP contribution is 2.32. The average Bonchev–Trinajstić information content (AvgIpc) is 3.07. The standard InChI is InChI=1S/C17H23N3O3S.C2HF3O2/c1-3-23-12-16-17-15(11-18-19(17)2)9-10-20(16)24(21,22)13-14-7-5-4-6-8-14;3-2(4,5)1(6)7/h4-8,11,16H,3,9-10,12-13H2,1-2H3;(H,6,7). The summed E-state index contributed by atoms with van der Waals surface area (Å²) in [7, 11) is -1.59. The highest BCUT2D eigenvalue weighted by Gasteiger charge is 2.38. The maximum atomic E-state index is 13.0. The highest BCUT2D eigenvalue weighted by molar-refractivity contribution is 7.88. The lowest BCUT2D eigenvalue weighted by molar-refractivity contribution is -0.192. The number of carboxylic acids is 1. The molecule has 0 radical (unpaired) electrons. The van der Waals surface area contributed by atoms with E-state index in [-0.39, 0.29) is 11.8 Å². The van der Waals surface area contributed by atoms with Crippen molar-refractivity contribution in [2.75, 3.05) is 19.8 Å². The molecule has 1 atom stereocenters. The molecule has 31 heavy (non-hydrogen) atoms. The van der Waals surface area contributed by atoms with Crippen LogP contribution >= 0.6 is 0 Å². The SMILES string of the molecule is CCOCC1c2c(cnn2C)CCN1S(=O)(=O)Cc1ccccc1.O=C(O)C(F)(F)F. The van der Waals surface area contributed by atoms with E-state index in [0.29, 0.717) is 26.2 Å². The lowest BCUT2D eigenvalue weighted by Gasteiger charge is -2.35. The third kappa shape index (κ3) is 6.52. The summed E-state index contributed by atoms with van der Waals surface area (Å²) in [6.07, 6.45) is -2.57. The minimum atomic E-state index is -5.08. The fraction of sp³-hybridized carbons (Fsp3) is 0.474. The average molecular weight is 463 g/mol. The fourth-order valence-corrected chi connectivity index (χ4v) is 4.93. The first-order chi connectivity index (χ1) is 14.5. The minimum Gasteiger partial charge on any atom is -0.475 e. The molecule has 172 valence electrons. The van der Waals surface area contributed by atoms with Crippen molar-refractivity contribution in [3.63, 3.8) is 0 Å². The number of hydrogen-bond donors (Lipinski definition) is 1. The number of rotatable bonds is 6. The highest BCUT2D eigenvalue weighted by atomic mass is 32.2. The molecule has 0 amide bonds. The van der Waals surface area contributed by atoms with Crippen LogP contribution in [0.4, 0.5) is 13.2 Å². The fourth-order valence-electron chi connectivity index (χ4n) is 3.23. The van der Waals surface area contributed by atoms with Gasteiger partial charge in [-0.1, -0.05) is 30.3 Å². The van der Waals surface area contributed by atoms with Gasteiger partial charge in [0.15, 0.2) is 0 Å². The van der Waals surface area contributed by atoms with Gasteiger partial charge in [-0.25, -0.2) is 13.2 Å². The van der Waals surface area contributed by atoms with Crippen molar-refractivity contribution in [1.82, 2.24) is 14.1 Å². The van der Waals surface area contributed by atoms with Gasteiger partial charge in [0.05, 0.1) is 30.3 Å². The van der Waals surface area contributed by atoms with E-state index in [0.717, 1.165) is 16.8 Å². The van der Waals surface area contributed by atoms with Gasteiger partial charge in [0.2, 0.25) is 10.0 Å². The number of fused-ring (bicyclic) bond motifs is 1. The topological polar surface area (TPSA) is 102 Å². The molecule has 3 rings (SSSR count). The Morgan fingerprint density at radius 3 is 2.45 bits per heavy atom. The summed E-state index contributed by atoms with van der Waals surface area (Å²) in [5.74, 6) is -2.75. The molecule has 1 aliphatic heterocycles. The summed E-state index contributed by atoms with van der Waals surface area (Å²) >= 11 is 0. The molecule has 1 aromatic carbocycles. The molecule has 0 bridgehead atoms. The Hall–Kier alpha value is -2.44. The van der Waals surface area contributed by atoms with E-state index < -0.39 is 22.2 Å². The van der Waals surface area contributed by atoms with Crippen molar-refractivity contribution in [2.45, 2.75) is 31.3 Å². The number of halogens is 3. The quantitative estimate of drug-likeness (QED) is 0.707. The zero-order valence-electron chi connectivity index (χ0n) is 17.0. The molecule has 8 nitrogen and oxygen atoms in total. The third-order valence-corrected chi connectivity index (χ3v) is 6.45. The summed E-state index contributed by atoms with van der Waals surface area (Å²) in [6, 6.07) is 8.96. The number of ether oxygens (including phenoxy) is 1. The maximum absolute atomic E-state index is 13.0. The molecular formula is C19H24F3N3O5S. The van der Waals surface area contributed by atoms with E-state index in [1.165, 1.54) is 0 Å². The Labute approximate surface area is 178 Å². The third-order valence-electron chi connectivity index (χ3n) is 4.60. The van der Waals surface area contributed by atoms with Crippen molar-refractivity contribution in [3.8, 4) is 0 Å². The first kappa shape index (κ1) is 24.8. The second kappa shape index (κ2) is 10.2. The van der Waals surface area contributed by atoms with Crippen molar-refractivity contribution in [1.29, 1.82) is 0 Å². The molecule has 0 fully saturated rings. The summed E-state index contributed by atoms with van der Waals surface area (Å²) in [6.45, 7) is 3.27. The van der Waals surface area contributed by atoms with E-state index in [9.17, 15) is 21.6 Å². The summed E-state index contributed by atoms with van der Waals surface area (Å²) in [5.41, 5.74) is 2.84. The molecule has 0 saturated heterocycles. The van der Waals surface area contributed by atoms with Crippen LogP contribution in [0.15, 0.2) is 36.5 Å². The Balaban J connectivity index is 0.000000423. The van der Waals surface area contributed by atoms with Gasteiger partial charge in [0.1, 0.15) is 0 Å². The number of nitrogens with zero attached hydrogens (tertiary/aromatic N) is 3. The van der Waals surface area contributed by atoms with Gasteiger partial charge in [0, 0.05) is 20.2 Å². The van der Waals surface area contributed by atoms with Gasteiger partial charge in [-0.15, -0.1) is 0 Å². The molecule has 12 heteroatoms. The van der Waals surface area contributed by atoms with Crippen molar-refractivity contribution in [3.05, 3.63) is 53.3 Å². The molecule has 1 aliphatic rings. The number of aryl methyl sites for hydroxylation is 1. The number of aromatic nitrogens is 2. The zero-order valence-corrected chi connectivity index (χ0v) is 17.9. The van der Waals surface area contributed by atoms with Gasteiger partial charge in [-0.05, 0) is 24.5 Å². The van der Waals surface area contributed by atoms with Gasteiger partial charge in [0.25, 0.3) is 0 Å². The van der Waals surface area contributed by atoms with Crippen LogP contribution in [0.3, 0.4) is 0 Å². The molecule has 2 heterocycles. The van der Waals surface area contributed by atoms with Crippen molar-refractivity contribution in [2.24, 2.45) is 7.05 Å². The molecule has 1 unspecified atom stereocenters. The summed E-state index contributed by atoms with van der Waals surface area (Å²) in [4.78, 5) is 8.90. The minimum absolute atomic E-state index is 0.00362. The monoisotopic (exact) mass is 463 g/mol. The second-order valence-electron chi connectivity index (χ2n) is 6.76. The first-order valence-electron chi connectivity index (χ1n) is 9.39. The smallest absolute Gasteiger partial charge is 0.475 e. The molecule has 0 saturated carbocycles. The van der Waals surface area contributed by atoms with E-state index in [2.05, 4.69) is 5.10 Å². The van der Waals surface area contributed by atoms with E-state index in [4.69, 9.17) is 14.6 Å². The predicted molar refractivity (Wildman–Crippen MR) is 106 cm³/mol. The predicted octanol–water partition coefficient (Wildman–Crippen LogP) is 2.52.